The molecular weight excluding hydrogens is 575 g/mol. The molecule has 0 fully saturated rings. The molecule has 0 N–H and O–H groups in total. The van der Waals surface area contributed by atoms with Crippen molar-refractivity contribution in [3.05, 3.63) is 121 Å². The smallest absolute Gasteiger partial charge is 0.142 e. The normalized spacial score (nSPS) is 11.8. The Labute approximate surface area is 245 Å². The number of benzene rings is 4. The molecule has 4 aromatic carbocycles. The highest BCUT2D eigenvalue weighted by Crippen LogP contribution is 2.45. The molecule has 8 rings (SSSR count). The van der Waals surface area contributed by atoms with E-state index in [4.69, 9.17) is 0 Å². The van der Waals surface area contributed by atoms with Crippen LogP contribution < -0.4 is 0 Å². The largest absolute Gasteiger partial charge is 0.205 e. The molecule has 4 heterocycles. The molecule has 6 heteroatoms. The van der Waals surface area contributed by atoms with Gasteiger partial charge < -0.3 is 0 Å². The lowest BCUT2D eigenvalue weighted by Gasteiger charge is -1.99. The Balaban J connectivity index is 1.17. The van der Waals surface area contributed by atoms with Crippen LogP contribution in [0.2, 0.25) is 0 Å². The van der Waals surface area contributed by atoms with Crippen LogP contribution in [0.3, 0.4) is 0 Å². The fourth-order valence-electron chi connectivity index (χ4n) is 5.12. The van der Waals surface area contributed by atoms with E-state index < -0.39 is 0 Å². The van der Waals surface area contributed by atoms with Crippen molar-refractivity contribution in [2.75, 3.05) is 0 Å². The third kappa shape index (κ3) is 4.11. The minimum atomic E-state index is -0.175. The van der Waals surface area contributed by atoms with Gasteiger partial charge in [0, 0.05) is 28.9 Å². The average Bonchev–Trinajstić information content (AvgIpc) is 3.76. The Kier molecular flexibility index (Phi) is 5.71. The van der Waals surface area contributed by atoms with Crippen LogP contribution in [0, 0.1) is 11.6 Å². The molecule has 0 saturated heterocycles. The predicted octanol–water partition coefficient (Wildman–Crippen LogP) is 12.3. The van der Waals surface area contributed by atoms with Crippen LogP contribution in [-0.4, -0.2) is 0 Å². The first-order valence-corrected chi connectivity index (χ1v) is 16.0. The van der Waals surface area contributed by atoms with Crippen LogP contribution >= 0.6 is 45.3 Å². The van der Waals surface area contributed by atoms with Crippen molar-refractivity contribution in [2.45, 2.75) is 0 Å². The summed E-state index contributed by atoms with van der Waals surface area (Å²) in [5.41, 5.74) is 1.81. The van der Waals surface area contributed by atoms with Crippen molar-refractivity contribution in [3.8, 4) is 40.4 Å². The highest BCUT2D eigenvalue weighted by molar-refractivity contribution is 7.27. The minimum Gasteiger partial charge on any atom is -0.205 e. The maximum atomic E-state index is 14.8. The molecule has 0 aliphatic rings. The van der Waals surface area contributed by atoms with Crippen molar-refractivity contribution in [1.29, 1.82) is 0 Å². The first-order chi connectivity index (χ1) is 19.6. The fraction of sp³-hybridized carbons (Fsp3) is 0. The topological polar surface area (TPSA) is 0 Å². The number of fused-ring (bicyclic) bond motifs is 3. The summed E-state index contributed by atoms with van der Waals surface area (Å²) in [6.07, 6.45) is 0. The van der Waals surface area contributed by atoms with Gasteiger partial charge in [-0.1, -0.05) is 60.7 Å². The van der Waals surface area contributed by atoms with E-state index in [1.54, 1.807) is 34.8 Å². The van der Waals surface area contributed by atoms with Crippen molar-refractivity contribution in [3.63, 3.8) is 0 Å². The highest BCUT2D eigenvalue weighted by atomic mass is 32.1. The fourth-order valence-corrected chi connectivity index (χ4v) is 9.53. The van der Waals surface area contributed by atoms with Gasteiger partial charge in [0.1, 0.15) is 11.6 Å². The van der Waals surface area contributed by atoms with Crippen LogP contribution in [0.1, 0.15) is 0 Å². The molecule has 0 atom stereocenters. The summed E-state index contributed by atoms with van der Waals surface area (Å²) in [6, 6.07) is 36.0. The first-order valence-electron chi connectivity index (χ1n) is 12.7. The van der Waals surface area contributed by atoms with Gasteiger partial charge in [-0.2, -0.15) is 0 Å². The molecule has 0 spiro atoms. The maximum absolute atomic E-state index is 14.8. The summed E-state index contributed by atoms with van der Waals surface area (Å²) in [6.45, 7) is 0. The first kappa shape index (κ1) is 24.1. The monoisotopic (exact) mass is 592 g/mol. The molecular formula is C34H18F2S4. The second kappa shape index (κ2) is 9.46. The molecule has 0 saturated carbocycles. The standard InChI is InChI=1S/C34H18F2S4/c35-25-17-31(39-33(25)19-7-3-1-4-8-19)29-15-23-11-21-14-28-24(12-22(21)13-27(23)37-29)16-30(38-28)32-18-26(36)34(40-32)20-9-5-2-6-10-20/h1-18H. The molecule has 0 unspecified atom stereocenters. The van der Waals surface area contributed by atoms with Gasteiger partial charge >= 0.3 is 0 Å². The number of halogens is 2. The summed E-state index contributed by atoms with van der Waals surface area (Å²) >= 11 is 6.40. The Morgan fingerprint density at radius 2 is 0.775 bits per heavy atom. The van der Waals surface area contributed by atoms with E-state index in [-0.39, 0.29) is 11.6 Å². The second-order valence-corrected chi connectivity index (χ2v) is 13.9. The van der Waals surface area contributed by atoms with Gasteiger partial charge in [-0.05, 0) is 81.2 Å². The molecule has 0 radical (unpaired) electrons. The molecule has 0 bridgehead atoms. The summed E-state index contributed by atoms with van der Waals surface area (Å²) in [7, 11) is 0. The molecule has 0 nitrogen and oxygen atoms in total. The molecule has 0 aliphatic heterocycles. The van der Waals surface area contributed by atoms with E-state index in [1.165, 1.54) is 42.8 Å². The summed E-state index contributed by atoms with van der Waals surface area (Å²) in [4.78, 5) is 5.41. The highest BCUT2D eigenvalue weighted by Gasteiger charge is 2.17. The number of thiophene rings is 4. The number of hydrogen-bond donors (Lipinski definition) is 0. The van der Waals surface area contributed by atoms with Gasteiger partial charge in [0.05, 0.1) is 9.75 Å². The summed E-state index contributed by atoms with van der Waals surface area (Å²) < 4.78 is 32.1. The van der Waals surface area contributed by atoms with E-state index in [0.29, 0.717) is 9.75 Å². The molecule has 0 aliphatic carbocycles. The van der Waals surface area contributed by atoms with Gasteiger partial charge in [-0.3, -0.25) is 0 Å². The molecule has 8 aromatic rings. The van der Waals surface area contributed by atoms with Gasteiger partial charge in [0.15, 0.2) is 0 Å². The van der Waals surface area contributed by atoms with Crippen LogP contribution in [0.25, 0.3) is 71.3 Å². The Bertz CT molecular complexity index is 1960. The van der Waals surface area contributed by atoms with Gasteiger partial charge in [0.2, 0.25) is 0 Å². The number of rotatable bonds is 4. The maximum Gasteiger partial charge on any atom is 0.142 e. The predicted molar refractivity (Wildman–Crippen MR) is 172 cm³/mol. The van der Waals surface area contributed by atoms with Gasteiger partial charge in [-0.15, -0.1) is 45.3 Å². The SMILES string of the molecule is Fc1cc(-c2cc3cc4cc5sc(-c6cc(F)c(-c7ccccc7)s6)cc5cc4cc3s2)sc1-c1ccccc1. The quantitative estimate of drug-likeness (QED) is 0.191. The van der Waals surface area contributed by atoms with Gasteiger partial charge in [-0.25, -0.2) is 8.78 Å². The summed E-state index contributed by atoms with van der Waals surface area (Å²) in [5.74, 6) is -0.349. The van der Waals surface area contributed by atoms with E-state index >= 15 is 0 Å². The lowest BCUT2D eigenvalue weighted by atomic mass is 10.1. The van der Waals surface area contributed by atoms with E-state index in [2.05, 4.69) is 36.4 Å². The van der Waals surface area contributed by atoms with Crippen LogP contribution in [-0.2, 0) is 0 Å². The zero-order valence-electron chi connectivity index (χ0n) is 20.8. The zero-order valence-corrected chi connectivity index (χ0v) is 24.0. The third-order valence-corrected chi connectivity index (χ3v) is 11.9. The molecule has 0 amide bonds. The number of hydrogen-bond acceptors (Lipinski definition) is 4. The molecule has 40 heavy (non-hydrogen) atoms. The van der Waals surface area contributed by atoms with Gasteiger partial charge in [0.25, 0.3) is 0 Å². The zero-order chi connectivity index (χ0) is 26.8. The van der Waals surface area contributed by atoms with Crippen molar-refractivity contribution in [2.24, 2.45) is 0 Å². The van der Waals surface area contributed by atoms with Crippen molar-refractivity contribution in [1.82, 2.24) is 0 Å². The summed E-state index contributed by atoms with van der Waals surface area (Å²) in [5, 5.41) is 4.66. The lowest BCUT2D eigenvalue weighted by molar-refractivity contribution is 0.636. The second-order valence-electron chi connectivity index (χ2n) is 9.66. The van der Waals surface area contributed by atoms with E-state index in [1.807, 2.05) is 60.7 Å². The molecule has 4 aromatic heterocycles. The van der Waals surface area contributed by atoms with Crippen molar-refractivity contribution >= 4 is 76.3 Å². The van der Waals surface area contributed by atoms with Crippen LogP contribution in [0.4, 0.5) is 8.78 Å². The van der Waals surface area contributed by atoms with E-state index in [9.17, 15) is 8.78 Å². The third-order valence-electron chi connectivity index (χ3n) is 7.04. The minimum absolute atomic E-state index is 0.175. The Hall–Kier alpha value is -3.68. The van der Waals surface area contributed by atoms with E-state index in [0.717, 1.165) is 41.4 Å². The van der Waals surface area contributed by atoms with Crippen LogP contribution in [0.15, 0.2) is 109 Å². The Morgan fingerprint density at radius 1 is 0.375 bits per heavy atom. The Morgan fingerprint density at radius 3 is 1.20 bits per heavy atom. The van der Waals surface area contributed by atoms with Crippen molar-refractivity contribution < 1.29 is 8.78 Å². The average molecular weight is 593 g/mol. The van der Waals surface area contributed by atoms with Crippen LogP contribution in [0.5, 0.6) is 0 Å². The molecule has 192 valence electrons. The lowest BCUT2D eigenvalue weighted by Crippen LogP contribution is -1.73.